The van der Waals surface area contributed by atoms with Gasteiger partial charge in [-0.2, -0.15) is 12.6 Å². The minimum Gasteiger partial charge on any atom is -0.357 e. The van der Waals surface area contributed by atoms with E-state index in [4.69, 9.17) is 0 Å². The van der Waals surface area contributed by atoms with Crippen molar-refractivity contribution in [3.05, 3.63) is 0 Å². The Morgan fingerprint density at radius 2 is 2.08 bits per heavy atom. The van der Waals surface area contributed by atoms with Gasteiger partial charge in [-0.1, -0.05) is 13.8 Å². The van der Waals surface area contributed by atoms with Gasteiger partial charge in [-0.15, -0.1) is 24.8 Å². The number of nitrogens with zero attached hydrogens (tertiary/aromatic N) is 2. The van der Waals surface area contributed by atoms with Gasteiger partial charge < -0.3 is 4.90 Å². The van der Waals surface area contributed by atoms with Crippen LogP contribution in [0.3, 0.4) is 0 Å². The molecule has 0 aromatic heterocycles. The van der Waals surface area contributed by atoms with Gasteiger partial charge in [-0.3, -0.25) is 4.99 Å². The highest BCUT2D eigenvalue weighted by Gasteiger charge is 2.17. The third-order valence-corrected chi connectivity index (χ3v) is 2.05. The van der Waals surface area contributed by atoms with Crippen LogP contribution in [0.2, 0.25) is 0 Å². The molecule has 0 amide bonds. The Kier molecular flexibility index (Phi) is 9.48. The molecule has 0 aromatic carbocycles. The summed E-state index contributed by atoms with van der Waals surface area (Å²) in [5.74, 6) is 2.75. The van der Waals surface area contributed by atoms with Crippen LogP contribution in [0.1, 0.15) is 13.8 Å². The molecule has 0 atom stereocenters. The molecule has 0 aromatic rings. The average Bonchev–Trinajstić information content (AvgIpc) is 2.36. The predicted molar refractivity (Wildman–Crippen MR) is 67.1 cm³/mol. The van der Waals surface area contributed by atoms with E-state index in [9.17, 15) is 0 Å². The van der Waals surface area contributed by atoms with Crippen molar-refractivity contribution in [3.63, 3.8) is 0 Å². The number of halogens is 2. The van der Waals surface area contributed by atoms with Crippen LogP contribution in [0.4, 0.5) is 0 Å². The fraction of sp³-hybridized carbons (Fsp3) is 0.875. The van der Waals surface area contributed by atoms with Gasteiger partial charge in [0.15, 0.2) is 0 Å². The summed E-state index contributed by atoms with van der Waals surface area (Å²) in [4.78, 5) is 6.77. The summed E-state index contributed by atoms with van der Waals surface area (Å²) < 4.78 is 0. The largest absolute Gasteiger partial charge is 0.357 e. The molecule has 80 valence electrons. The van der Waals surface area contributed by atoms with E-state index in [1.54, 1.807) is 0 Å². The normalized spacial score (nSPS) is 15.1. The Morgan fingerprint density at radius 1 is 1.46 bits per heavy atom. The van der Waals surface area contributed by atoms with Gasteiger partial charge in [0.05, 0.1) is 6.54 Å². The Balaban J connectivity index is 0. The Labute approximate surface area is 98.4 Å². The van der Waals surface area contributed by atoms with Gasteiger partial charge in [0.2, 0.25) is 0 Å². The van der Waals surface area contributed by atoms with Crippen molar-refractivity contribution in [2.75, 3.05) is 25.4 Å². The molecule has 1 aliphatic heterocycles. The summed E-state index contributed by atoms with van der Waals surface area (Å²) in [6.07, 6.45) is 0. The van der Waals surface area contributed by atoms with Crippen molar-refractivity contribution >= 4 is 43.3 Å². The van der Waals surface area contributed by atoms with E-state index in [0.717, 1.165) is 25.4 Å². The van der Waals surface area contributed by atoms with Gasteiger partial charge in [0.25, 0.3) is 0 Å². The van der Waals surface area contributed by atoms with Gasteiger partial charge in [0, 0.05) is 24.8 Å². The molecule has 13 heavy (non-hydrogen) atoms. The fourth-order valence-electron chi connectivity index (χ4n) is 1.39. The van der Waals surface area contributed by atoms with Crippen LogP contribution in [0.25, 0.3) is 0 Å². The Bertz CT molecular complexity index is 162. The van der Waals surface area contributed by atoms with Crippen molar-refractivity contribution in [1.29, 1.82) is 0 Å². The van der Waals surface area contributed by atoms with E-state index >= 15 is 0 Å². The second-order valence-corrected chi connectivity index (χ2v) is 3.55. The lowest BCUT2D eigenvalue weighted by Crippen LogP contribution is -2.32. The molecule has 0 aliphatic carbocycles. The maximum atomic E-state index is 4.44. The number of amidine groups is 1. The van der Waals surface area contributed by atoms with Crippen LogP contribution in [-0.4, -0.2) is 36.1 Å². The lowest BCUT2D eigenvalue weighted by Gasteiger charge is -2.21. The van der Waals surface area contributed by atoms with E-state index < -0.39 is 0 Å². The molecule has 0 fully saturated rings. The van der Waals surface area contributed by atoms with Crippen molar-refractivity contribution in [2.24, 2.45) is 10.9 Å². The number of aliphatic imine (C=N–C) groups is 1. The average molecular weight is 245 g/mol. The van der Waals surface area contributed by atoms with Crippen LogP contribution in [0, 0.1) is 5.92 Å². The van der Waals surface area contributed by atoms with E-state index in [1.807, 2.05) is 0 Å². The minimum absolute atomic E-state index is 0. The molecule has 0 bridgehead atoms. The molecule has 1 aliphatic rings. The Morgan fingerprint density at radius 3 is 2.54 bits per heavy atom. The first kappa shape index (κ1) is 15.9. The van der Waals surface area contributed by atoms with E-state index in [-0.39, 0.29) is 24.8 Å². The van der Waals surface area contributed by atoms with E-state index in [0.29, 0.717) is 5.92 Å². The van der Waals surface area contributed by atoms with Crippen LogP contribution in [0.5, 0.6) is 0 Å². The quantitative estimate of drug-likeness (QED) is 0.753. The van der Waals surface area contributed by atoms with Crippen molar-refractivity contribution in [2.45, 2.75) is 13.8 Å². The van der Waals surface area contributed by atoms with Gasteiger partial charge in [0.1, 0.15) is 5.84 Å². The molecule has 0 N–H and O–H groups in total. The topological polar surface area (TPSA) is 15.6 Å². The van der Waals surface area contributed by atoms with Gasteiger partial charge >= 0.3 is 0 Å². The number of thiol groups is 1. The highest BCUT2D eigenvalue weighted by molar-refractivity contribution is 7.80. The van der Waals surface area contributed by atoms with E-state index in [2.05, 4.69) is 36.4 Å². The van der Waals surface area contributed by atoms with Gasteiger partial charge in [-0.25, -0.2) is 0 Å². The molecule has 0 saturated carbocycles. The summed E-state index contributed by atoms with van der Waals surface area (Å²) in [5.41, 5.74) is 0. The van der Waals surface area contributed by atoms with E-state index in [1.165, 1.54) is 5.84 Å². The lowest BCUT2D eigenvalue weighted by atomic mass is 10.2. The molecule has 0 saturated heterocycles. The molecule has 5 heteroatoms. The third-order valence-electron chi connectivity index (χ3n) is 1.85. The molecular formula is C8H18Cl2N2S. The smallest absolute Gasteiger partial charge is 0.102 e. The first-order valence-electron chi connectivity index (χ1n) is 4.16. The Hall–Kier alpha value is 0.400. The van der Waals surface area contributed by atoms with Crippen LogP contribution < -0.4 is 0 Å². The standard InChI is InChI=1S/C8H16N2S.2ClH/c1-7(2)8-9-3-4-10(8)5-6-11;;/h7,11H,3-6H2,1-2H3;2*1H. The number of hydrogen-bond donors (Lipinski definition) is 1. The van der Waals surface area contributed by atoms with Crippen LogP contribution >= 0.6 is 37.4 Å². The molecule has 2 nitrogen and oxygen atoms in total. The molecule has 1 rings (SSSR count). The molecule has 0 unspecified atom stereocenters. The summed E-state index contributed by atoms with van der Waals surface area (Å²) in [6, 6.07) is 0. The summed E-state index contributed by atoms with van der Waals surface area (Å²) in [5, 5.41) is 0. The fourth-order valence-corrected chi connectivity index (χ4v) is 1.64. The molecule has 0 radical (unpaired) electrons. The highest BCUT2D eigenvalue weighted by Crippen LogP contribution is 2.09. The van der Waals surface area contributed by atoms with Crippen molar-refractivity contribution in [3.8, 4) is 0 Å². The number of hydrogen-bond acceptors (Lipinski definition) is 3. The zero-order valence-corrected chi connectivity index (χ0v) is 10.6. The second-order valence-electron chi connectivity index (χ2n) is 3.11. The van der Waals surface area contributed by atoms with Gasteiger partial charge in [-0.05, 0) is 0 Å². The maximum absolute atomic E-state index is 4.44. The predicted octanol–water partition coefficient (Wildman–Crippen LogP) is 2.13. The van der Waals surface area contributed by atoms with Crippen molar-refractivity contribution in [1.82, 2.24) is 4.90 Å². The molecular weight excluding hydrogens is 227 g/mol. The van der Waals surface area contributed by atoms with Crippen LogP contribution in [0.15, 0.2) is 4.99 Å². The SMILES string of the molecule is CC(C)C1=NCCN1CCS.Cl.Cl. The second kappa shape index (κ2) is 7.77. The first-order valence-corrected chi connectivity index (χ1v) is 4.79. The monoisotopic (exact) mass is 244 g/mol. The summed E-state index contributed by atoms with van der Waals surface area (Å²) in [7, 11) is 0. The minimum atomic E-state index is 0. The zero-order chi connectivity index (χ0) is 8.27. The third kappa shape index (κ3) is 4.43. The molecule has 0 spiro atoms. The maximum Gasteiger partial charge on any atom is 0.102 e. The van der Waals surface area contributed by atoms with Crippen molar-refractivity contribution < 1.29 is 0 Å². The highest BCUT2D eigenvalue weighted by atomic mass is 35.5. The first-order chi connectivity index (χ1) is 5.25. The lowest BCUT2D eigenvalue weighted by molar-refractivity contribution is 0.466. The van der Waals surface area contributed by atoms with Crippen LogP contribution in [-0.2, 0) is 0 Å². The summed E-state index contributed by atoms with van der Waals surface area (Å²) >= 11 is 4.21. The molecule has 1 heterocycles. The summed E-state index contributed by atoms with van der Waals surface area (Å²) in [6.45, 7) is 7.49. The zero-order valence-electron chi connectivity index (χ0n) is 8.06. The number of rotatable bonds is 3.